The molecule has 3 nitrogen and oxygen atoms in total. The zero-order chi connectivity index (χ0) is 40.3. The van der Waals surface area contributed by atoms with E-state index in [4.69, 9.17) is 4.42 Å². The molecule has 10 aromatic carbocycles. The molecule has 2 heterocycles. The van der Waals surface area contributed by atoms with Crippen LogP contribution in [0.3, 0.4) is 0 Å². The number of hydrogen-bond donors (Lipinski definition) is 0. The fraction of sp³-hybridized carbons (Fsp3) is 0. The summed E-state index contributed by atoms with van der Waals surface area (Å²) in [6.45, 7) is 0. The quantitative estimate of drug-likeness (QED) is 0.161. The number of benzene rings is 10. The second kappa shape index (κ2) is 14.3. The Kier molecular flexibility index (Phi) is 8.17. The van der Waals surface area contributed by atoms with E-state index in [-0.39, 0.29) is 0 Å². The van der Waals surface area contributed by atoms with Gasteiger partial charge in [0.25, 0.3) is 0 Å². The zero-order valence-electron chi connectivity index (χ0n) is 33.2. The van der Waals surface area contributed by atoms with Crippen LogP contribution in [-0.2, 0) is 0 Å². The van der Waals surface area contributed by atoms with E-state index in [1.54, 1.807) is 0 Å². The Morgan fingerprint density at radius 1 is 0.311 bits per heavy atom. The molecule has 0 aliphatic carbocycles. The smallest absolute Gasteiger partial charge is 0.136 e. The first-order valence-corrected chi connectivity index (χ1v) is 20.8. The molecule has 0 N–H and O–H groups in total. The SMILES string of the molecule is c1ccc(-c2ccc(N(c3ccccc3)c3ccc(-c4ccc5c(-c6cccc7c6c6ccccc6n7-c6ccccc6)cc6oc7ccccc7c6c5c4)cc3)cc2)cc1. The summed E-state index contributed by atoms with van der Waals surface area (Å²) < 4.78 is 9.08. The van der Waals surface area contributed by atoms with Gasteiger partial charge in [-0.1, -0.05) is 152 Å². The monoisotopic (exact) mass is 778 g/mol. The topological polar surface area (TPSA) is 21.3 Å². The molecular weight excluding hydrogens is 741 g/mol. The van der Waals surface area contributed by atoms with Crippen molar-refractivity contribution in [1.82, 2.24) is 4.57 Å². The van der Waals surface area contributed by atoms with Crippen LogP contribution in [0, 0.1) is 0 Å². The Labute approximate surface area is 353 Å². The van der Waals surface area contributed by atoms with Gasteiger partial charge in [0, 0.05) is 44.3 Å². The molecule has 0 atom stereocenters. The number of furan rings is 1. The Hall–Kier alpha value is -8.14. The molecular formula is C58H38N2O. The highest BCUT2D eigenvalue weighted by Gasteiger charge is 2.21. The van der Waals surface area contributed by atoms with Crippen molar-refractivity contribution in [2.75, 3.05) is 4.90 Å². The normalized spacial score (nSPS) is 11.6. The number of fused-ring (bicyclic) bond motifs is 8. The van der Waals surface area contributed by atoms with Crippen molar-refractivity contribution in [3.8, 4) is 39.1 Å². The van der Waals surface area contributed by atoms with Gasteiger partial charge in [-0.25, -0.2) is 0 Å². The van der Waals surface area contributed by atoms with Gasteiger partial charge in [0.15, 0.2) is 0 Å². The molecule has 286 valence electrons. The summed E-state index contributed by atoms with van der Waals surface area (Å²) in [5.74, 6) is 0. The van der Waals surface area contributed by atoms with E-state index >= 15 is 0 Å². The first kappa shape index (κ1) is 34.9. The van der Waals surface area contributed by atoms with Gasteiger partial charge in [-0.2, -0.15) is 0 Å². The third-order valence-electron chi connectivity index (χ3n) is 12.2. The number of hydrogen-bond acceptors (Lipinski definition) is 2. The van der Waals surface area contributed by atoms with Gasteiger partial charge >= 0.3 is 0 Å². The lowest BCUT2D eigenvalue weighted by molar-refractivity contribution is 0.669. The van der Waals surface area contributed by atoms with E-state index in [1.807, 2.05) is 0 Å². The molecule has 0 radical (unpaired) electrons. The van der Waals surface area contributed by atoms with E-state index in [9.17, 15) is 0 Å². The van der Waals surface area contributed by atoms with E-state index in [0.29, 0.717) is 0 Å². The predicted molar refractivity (Wildman–Crippen MR) is 257 cm³/mol. The Morgan fingerprint density at radius 3 is 1.61 bits per heavy atom. The first-order chi connectivity index (χ1) is 30.3. The van der Waals surface area contributed by atoms with Crippen LogP contribution in [0.4, 0.5) is 17.1 Å². The van der Waals surface area contributed by atoms with Crippen LogP contribution in [0.15, 0.2) is 235 Å². The summed E-state index contributed by atoms with van der Waals surface area (Å²) in [4.78, 5) is 2.32. The molecule has 0 saturated carbocycles. The van der Waals surface area contributed by atoms with Crippen molar-refractivity contribution in [2.45, 2.75) is 0 Å². The van der Waals surface area contributed by atoms with Crippen LogP contribution in [0.25, 0.3) is 93.6 Å². The lowest BCUT2D eigenvalue weighted by Crippen LogP contribution is -2.09. The molecule has 12 rings (SSSR count). The summed E-state index contributed by atoms with van der Waals surface area (Å²) in [6, 6.07) is 82.7. The maximum Gasteiger partial charge on any atom is 0.136 e. The molecule has 0 amide bonds. The lowest BCUT2D eigenvalue weighted by atomic mass is 9.90. The predicted octanol–water partition coefficient (Wildman–Crippen LogP) is 16.3. The number of nitrogens with zero attached hydrogens (tertiary/aromatic N) is 2. The molecule has 0 fully saturated rings. The average Bonchev–Trinajstić information content (AvgIpc) is 3.89. The molecule has 0 spiro atoms. The molecule has 2 aromatic heterocycles. The van der Waals surface area contributed by atoms with Gasteiger partial charge in [0.2, 0.25) is 0 Å². The third-order valence-corrected chi connectivity index (χ3v) is 12.2. The molecule has 0 aliphatic rings. The minimum absolute atomic E-state index is 0.886. The van der Waals surface area contributed by atoms with E-state index in [0.717, 1.165) is 61.4 Å². The number of rotatable bonds is 7. The highest BCUT2D eigenvalue weighted by molar-refractivity contribution is 6.25. The maximum atomic E-state index is 6.69. The summed E-state index contributed by atoms with van der Waals surface area (Å²) in [5, 5.41) is 7.09. The summed E-state index contributed by atoms with van der Waals surface area (Å²) in [7, 11) is 0. The molecule has 3 heteroatoms. The van der Waals surface area contributed by atoms with Crippen molar-refractivity contribution in [3.05, 3.63) is 231 Å². The van der Waals surface area contributed by atoms with Gasteiger partial charge in [-0.05, 0) is 123 Å². The van der Waals surface area contributed by atoms with Crippen molar-refractivity contribution >= 4 is 71.6 Å². The molecule has 12 aromatic rings. The summed E-state index contributed by atoms with van der Waals surface area (Å²) >= 11 is 0. The van der Waals surface area contributed by atoms with Crippen molar-refractivity contribution in [3.63, 3.8) is 0 Å². The van der Waals surface area contributed by atoms with Crippen LogP contribution in [0.2, 0.25) is 0 Å². The molecule has 0 unspecified atom stereocenters. The van der Waals surface area contributed by atoms with Crippen LogP contribution >= 0.6 is 0 Å². The average molecular weight is 779 g/mol. The number of aromatic nitrogens is 1. The van der Waals surface area contributed by atoms with Crippen molar-refractivity contribution < 1.29 is 4.42 Å². The van der Waals surface area contributed by atoms with E-state index in [1.165, 1.54) is 49.3 Å². The second-order valence-corrected chi connectivity index (χ2v) is 15.7. The van der Waals surface area contributed by atoms with Crippen LogP contribution in [0.5, 0.6) is 0 Å². The first-order valence-electron chi connectivity index (χ1n) is 20.8. The van der Waals surface area contributed by atoms with Gasteiger partial charge < -0.3 is 13.9 Å². The largest absolute Gasteiger partial charge is 0.456 e. The fourth-order valence-electron chi connectivity index (χ4n) is 9.40. The molecule has 0 saturated heterocycles. The van der Waals surface area contributed by atoms with E-state index in [2.05, 4.69) is 240 Å². The Bertz CT molecular complexity index is 3550. The number of para-hydroxylation sites is 4. The minimum atomic E-state index is 0.886. The van der Waals surface area contributed by atoms with Crippen molar-refractivity contribution in [2.24, 2.45) is 0 Å². The second-order valence-electron chi connectivity index (χ2n) is 15.7. The van der Waals surface area contributed by atoms with Gasteiger partial charge in [0.1, 0.15) is 11.2 Å². The Balaban J connectivity index is 1.01. The highest BCUT2D eigenvalue weighted by atomic mass is 16.3. The lowest BCUT2D eigenvalue weighted by Gasteiger charge is -2.26. The van der Waals surface area contributed by atoms with Gasteiger partial charge in [0.05, 0.1) is 11.0 Å². The highest BCUT2D eigenvalue weighted by Crippen LogP contribution is 2.46. The standard InChI is InChI=1S/C58H38N2O/c1-4-15-39(16-5-1)40-27-32-45(33-28-40)59(43-17-6-2-7-18-43)46-34-29-41(30-35-46)42-31-36-47-51(38-56-58(52(47)37-42)50-22-11-13-26-55(50)61-56)48-23-14-25-54-57(48)49-21-10-12-24-53(49)60(54)44-19-8-3-9-20-44/h1-38H. The summed E-state index contributed by atoms with van der Waals surface area (Å²) in [5.41, 5.74) is 15.6. The van der Waals surface area contributed by atoms with Gasteiger partial charge in [-0.3, -0.25) is 0 Å². The van der Waals surface area contributed by atoms with E-state index < -0.39 is 0 Å². The maximum absolute atomic E-state index is 6.69. The van der Waals surface area contributed by atoms with Crippen LogP contribution in [0.1, 0.15) is 0 Å². The van der Waals surface area contributed by atoms with Crippen LogP contribution in [-0.4, -0.2) is 4.57 Å². The summed E-state index contributed by atoms with van der Waals surface area (Å²) in [6.07, 6.45) is 0. The fourth-order valence-corrected chi connectivity index (χ4v) is 9.40. The molecule has 0 bridgehead atoms. The number of anilines is 3. The Morgan fingerprint density at radius 2 is 0.869 bits per heavy atom. The molecule has 0 aliphatic heterocycles. The molecule has 61 heavy (non-hydrogen) atoms. The minimum Gasteiger partial charge on any atom is -0.456 e. The van der Waals surface area contributed by atoms with Crippen LogP contribution < -0.4 is 4.90 Å². The third kappa shape index (κ3) is 5.82. The van der Waals surface area contributed by atoms with Crippen molar-refractivity contribution in [1.29, 1.82) is 0 Å². The zero-order valence-corrected chi connectivity index (χ0v) is 33.2. The van der Waals surface area contributed by atoms with Gasteiger partial charge in [-0.15, -0.1) is 0 Å².